The van der Waals surface area contributed by atoms with Crippen molar-refractivity contribution in [3.63, 3.8) is 0 Å². The number of carbonyl (C=O) groups is 1. The number of hydrogen-bond donors (Lipinski definition) is 0. The average Bonchev–Trinajstić information content (AvgIpc) is 3.09. The number of morpholine rings is 1. The van der Waals surface area contributed by atoms with Gasteiger partial charge in [0.05, 0.1) is 18.9 Å². The van der Waals surface area contributed by atoms with Crippen LogP contribution in [0.5, 0.6) is 0 Å². The van der Waals surface area contributed by atoms with Crippen LogP contribution in [0.4, 0.5) is 0 Å². The SMILES string of the molecule is O=C(c1ccno1)N1CC[C@@H]2OCCN(Cc3cccnc3)[C@H]2CC1. The maximum Gasteiger partial charge on any atom is 0.292 e. The predicted octanol–water partition coefficient (Wildman–Crippen LogP) is 1.58. The molecule has 0 saturated carbocycles. The lowest BCUT2D eigenvalue weighted by atomic mass is 10.0. The molecule has 7 heteroatoms. The molecule has 1 amide bonds. The summed E-state index contributed by atoms with van der Waals surface area (Å²) in [5, 5.41) is 3.63. The summed E-state index contributed by atoms with van der Waals surface area (Å²) in [5.41, 5.74) is 1.21. The van der Waals surface area contributed by atoms with Crippen molar-refractivity contribution in [2.24, 2.45) is 0 Å². The Balaban J connectivity index is 1.44. The van der Waals surface area contributed by atoms with Crippen molar-refractivity contribution in [3.8, 4) is 0 Å². The number of likely N-dealkylation sites (tertiary alicyclic amines) is 1. The second kappa shape index (κ2) is 7.33. The van der Waals surface area contributed by atoms with Gasteiger partial charge in [0.15, 0.2) is 0 Å². The Kier molecular flexibility index (Phi) is 4.76. The highest BCUT2D eigenvalue weighted by Gasteiger charge is 2.36. The first-order valence-corrected chi connectivity index (χ1v) is 8.76. The molecule has 0 aromatic carbocycles. The number of ether oxygens (including phenoxy) is 1. The van der Waals surface area contributed by atoms with Crippen molar-refractivity contribution in [1.29, 1.82) is 0 Å². The molecule has 132 valence electrons. The summed E-state index contributed by atoms with van der Waals surface area (Å²) < 4.78 is 11.0. The summed E-state index contributed by atoms with van der Waals surface area (Å²) in [5.74, 6) is 0.216. The molecule has 2 aromatic rings. The second-order valence-corrected chi connectivity index (χ2v) is 6.55. The van der Waals surface area contributed by atoms with Crippen molar-refractivity contribution in [2.75, 3.05) is 26.2 Å². The number of nitrogens with zero attached hydrogens (tertiary/aromatic N) is 4. The number of amides is 1. The van der Waals surface area contributed by atoms with Crippen LogP contribution < -0.4 is 0 Å². The third-order valence-electron chi connectivity index (χ3n) is 5.03. The summed E-state index contributed by atoms with van der Waals surface area (Å²) in [6.45, 7) is 3.90. The molecule has 2 saturated heterocycles. The topological polar surface area (TPSA) is 71.7 Å². The second-order valence-electron chi connectivity index (χ2n) is 6.55. The van der Waals surface area contributed by atoms with Crippen molar-refractivity contribution in [1.82, 2.24) is 19.9 Å². The van der Waals surface area contributed by atoms with Gasteiger partial charge in [0, 0.05) is 50.7 Å². The van der Waals surface area contributed by atoms with Crippen LogP contribution in [0.3, 0.4) is 0 Å². The first-order valence-electron chi connectivity index (χ1n) is 8.76. The van der Waals surface area contributed by atoms with Gasteiger partial charge in [-0.05, 0) is 24.5 Å². The lowest BCUT2D eigenvalue weighted by Gasteiger charge is -2.40. The van der Waals surface area contributed by atoms with Gasteiger partial charge in [-0.1, -0.05) is 11.2 Å². The Bertz CT molecular complexity index is 692. The molecule has 0 bridgehead atoms. The van der Waals surface area contributed by atoms with Gasteiger partial charge in [0.25, 0.3) is 5.91 Å². The Hall–Kier alpha value is -2.25. The largest absolute Gasteiger partial charge is 0.375 e. The summed E-state index contributed by atoms with van der Waals surface area (Å²) in [4.78, 5) is 21.0. The summed E-state index contributed by atoms with van der Waals surface area (Å²) in [6.07, 6.45) is 7.12. The van der Waals surface area contributed by atoms with E-state index in [1.165, 1.54) is 11.8 Å². The minimum Gasteiger partial charge on any atom is -0.375 e. The Morgan fingerprint density at radius 3 is 2.92 bits per heavy atom. The Labute approximate surface area is 146 Å². The summed E-state index contributed by atoms with van der Waals surface area (Å²) in [7, 11) is 0. The fourth-order valence-electron chi connectivity index (χ4n) is 3.77. The molecular formula is C18H22N4O3. The summed E-state index contributed by atoms with van der Waals surface area (Å²) >= 11 is 0. The van der Waals surface area contributed by atoms with Gasteiger partial charge in [0.2, 0.25) is 5.76 Å². The molecule has 7 nitrogen and oxygen atoms in total. The molecule has 2 atom stereocenters. The molecule has 2 aliphatic rings. The molecule has 4 rings (SSSR count). The smallest absolute Gasteiger partial charge is 0.292 e. The zero-order valence-electron chi connectivity index (χ0n) is 14.1. The van der Waals surface area contributed by atoms with E-state index >= 15 is 0 Å². The van der Waals surface area contributed by atoms with Crippen LogP contribution >= 0.6 is 0 Å². The number of hydrogen-bond acceptors (Lipinski definition) is 6. The quantitative estimate of drug-likeness (QED) is 0.843. The molecule has 0 unspecified atom stereocenters. The fourth-order valence-corrected chi connectivity index (χ4v) is 3.77. The first-order chi connectivity index (χ1) is 12.3. The predicted molar refractivity (Wildman–Crippen MR) is 89.8 cm³/mol. The summed E-state index contributed by atoms with van der Waals surface area (Å²) in [6, 6.07) is 6.01. The van der Waals surface area contributed by atoms with Gasteiger partial charge in [-0.15, -0.1) is 0 Å². The van der Waals surface area contributed by atoms with Crippen LogP contribution in [0.1, 0.15) is 29.0 Å². The molecule has 0 radical (unpaired) electrons. The Morgan fingerprint density at radius 2 is 2.12 bits per heavy atom. The number of aromatic nitrogens is 2. The van der Waals surface area contributed by atoms with Gasteiger partial charge in [0.1, 0.15) is 0 Å². The van der Waals surface area contributed by atoms with Gasteiger partial charge < -0.3 is 14.2 Å². The van der Waals surface area contributed by atoms with Crippen LogP contribution in [-0.2, 0) is 11.3 Å². The maximum atomic E-state index is 12.5. The zero-order chi connectivity index (χ0) is 17.1. The van der Waals surface area contributed by atoms with E-state index in [1.807, 2.05) is 17.2 Å². The standard InChI is InChI=1S/C18H22N4O3/c23-18(17-3-7-20-25-17)21-8-4-15-16(5-9-21)24-11-10-22(15)13-14-2-1-6-19-12-14/h1-3,6-7,12,15-16H,4-5,8-11,13H2/t15-,16-/m0/s1. The molecule has 4 heterocycles. The Morgan fingerprint density at radius 1 is 1.20 bits per heavy atom. The van der Waals surface area contributed by atoms with E-state index in [1.54, 1.807) is 12.3 Å². The van der Waals surface area contributed by atoms with Crippen molar-refractivity contribution >= 4 is 5.91 Å². The third-order valence-corrected chi connectivity index (χ3v) is 5.03. The molecule has 2 aliphatic heterocycles. The van der Waals surface area contributed by atoms with Gasteiger partial charge in [-0.2, -0.15) is 0 Å². The molecule has 2 fully saturated rings. The lowest BCUT2D eigenvalue weighted by molar-refractivity contribution is -0.0747. The molecule has 0 aliphatic carbocycles. The van der Waals surface area contributed by atoms with Crippen LogP contribution in [0.15, 0.2) is 41.3 Å². The van der Waals surface area contributed by atoms with Gasteiger partial charge >= 0.3 is 0 Å². The van der Waals surface area contributed by atoms with E-state index < -0.39 is 0 Å². The average molecular weight is 342 g/mol. The van der Waals surface area contributed by atoms with E-state index in [9.17, 15) is 4.79 Å². The number of fused-ring (bicyclic) bond motifs is 1. The van der Waals surface area contributed by atoms with Gasteiger partial charge in [-0.25, -0.2) is 0 Å². The molecule has 0 spiro atoms. The monoisotopic (exact) mass is 342 g/mol. The molecule has 0 N–H and O–H groups in total. The van der Waals surface area contributed by atoms with E-state index in [4.69, 9.17) is 9.26 Å². The number of rotatable bonds is 3. The highest BCUT2D eigenvalue weighted by Crippen LogP contribution is 2.25. The zero-order valence-corrected chi connectivity index (χ0v) is 14.1. The van der Waals surface area contributed by atoms with Crippen LogP contribution in [-0.4, -0.2) is 64.2 Å². The maximum absolute atomic E-state index is 12.5. The van der Waals surface area contributed by atoms with Crippen molar-refractivity contribution < 1.29 is 14.1 Å². The van der Waals surface area contributed by atoms with E-state index in [-0.39, 0.29) is 12.0 Å². The van der Waals surface area contributed by atoms with E-state index in [0.29, 0.717) is 24.9 Å². The minimum absolute atomic E-state index is 0.0880. The van der Waals surface area contributed by atoms with E-state index in [2.05, 4.69) is 21.1 Å². The van der Waals surface area contributed by atoms with Crippen LogP contribution in [0, 0.1) is 0 Å². The van der Waals surface area contributed by atoms with Gasteiger partial charge in [-0.3, -0.25) is 14.7 Å². The first kappa shape index (κ1) is 16.2. The molecule has 2 aromatic heterocycles. The van der Waals surface area contributed by atoms with Crippen molar-refractivity contribution in [2.45, 2.75) is 31.5 Å². The fraction of sp³-hybridized carbons (Fsp3) is 0.500. The van der Waals surface area contributed by atoms with Crippen LogP contribution in [0.2, 0.25) is 0 Å². The highest BCUT2D eigenvalue weighted by molar-refractivity contribution is 5.91. The number of pyridine rings is 1. The molecular weight excluding hydrogens is 320 g/mol. The number of carbonyl (C=O) groups excluding carboxylic acids is 1. The van der Waals surface area contributed by atoms with Crippen molar-refractivity contribution in [3.05, 3.63) is 48.1 Å². The highest BCUT2D eigenvalue weighted by atomic mass is 16.5. The minimum atomic E-state index is -0.0880. The third kappa shape index (κ3) is 3.57. The molecule has 25 heavy (non-hydrogen) atoms. The lowest BCUT2D eigenvalue weighted by Crippen LogP contribution is -2.50. The van der Waals surface area contributed by atoms with E-state index in [0.717, 1.165) is 32.5 Å². The normalized spacial score (nSPS) is 24.6. The van der Waals surface area contributed by atoms with Crippen LogP contribution in [0.25, 0.3) is 0 Å².